The van der Waals surface area contributed by atoms with Crippen molar-refractivity contribution in [3.05, 3.63) is 93.1 Å². The van der Waals surface area contributed by atoms with Crippen molar-refractivity contribution < 1.29 is 9.53 Å². The molecular formula is C20H18ClN3O3. The molecule has 2 heterocycles. The predicted molar refractivity (Wildman–Crippen MR) is 103 cm³/mol. The van der Waals surface area contributed by atoms with E-state index >= 15 is 0 Å². The summed E-state index contributed by atoms with van der Waals surface area (Å²) in [7, 11) is 1.69. The van der Waals surface area contributed by atoms with Crippen LogP contribution in [0.4, 0.5) is 0 Å². The highest BCUT2D eigenvalue weighted by Gasteiger charge is 2.13. The number of rotatable bonds is 6. The van der Waals surface area contributed by atoms with Crippen molar-refractivity contribution in [2.45, 2.75) is 13.2 Å². The van der Waals surface area contributed by atoms with Gasteiger partial charge in [-0.3, -0.25) is 14.6 Å². The van der Waals surface area contributed by atoms with E-state index < -0.39 is 0 Å². The first-order valence-electron chi connectivity index (χ1n) is 8.28. The summed E-state index contributed by atoms with van der Waals surface area (Å²) in [5.41, 5.74) is 1.61. The lowest BCUT2D eigenvalue weighted by Crippen LogP contribution is -2.27. The molecule has 0 radical (unpaired) electrons. The van der Waals surface area contributed by atoms with Crippen LogP contribution in [0.2, 0.25) is 5.02 Å². The zero-order chi connectivity index (χ0) is 19.2. The van der Waals surface area contributed by atoms with Gasteiger partial charge < -0.3 is 14.6 Å². The Kier molecular flexibility index (Phi) is 5.88. The van der Waals surface area contributed by atoms with Gasteiger partial charge in [0.15, 0.2) is 5.75 Å². The van der Waals surface area contributed by atoms with Gasteiger partial charge in [-0.2, -0.15) is 0 Å². The number of carbonyl (C=O) groups is 1. The quantitative estimate of drug-likeness (QED) is 0.710. The van der Waals surface area contributed by atoms with Crippen LogP contribution in [0.25, 0.3) is 0 Å². The molecule has 0 aliphatic heterocycles. The molecule has 7 heteroatoms. The Morgan fingerprint density at radius 1 is 1.22 bits per heavy atom. The lowest BCUT2D eigenvalue weighted by Gasteiger charge is -2.12. The summed E-state index contributed by atoms with van der Waals surface area (Å²) >= 11 is 5.94. The van der Waals surface area contributed by atoms with Crippen molar-refractivity contribution in [1.29, 1.82) is 0 Å². The van der Waals surface area contributed by atoms with Crippen LogP contribution in [0.5, 0.6) is 5.75 Å². The number of benzene rings is 1. The van der Waals surface area contributed by atoms with E-state index in [1.54, 1.807) is 42.2 Å². The maximum Gasteiger partial charge on any atom is 0.268 e. The second kappa shape index (κ2) is 8.51. The summed E-state index contributed by atoms with van der Waals surface area (Å²) in [4.78, 5) is 28.7. The van der Waals surface area contributed by atoms with E-state index in [2.05, 4.69) is 10.3 Å². The summed E-state index contributed by atoms with van der Waals surface area (Å²) in [6.45, 7) is 0.538. The Morgan fingerprint density at radius 2 is 2.04 bits per heavy atom. The Balaban J connectivity index is 1.68. The van der Waals surface area contributed by atoms with Crippen molar-refractivity contribution in [2.24, 2.45) is 7.05 Å². The maximum atomic E-state index is 12.4. The number of nitrogens with one attached hydrogen (secondary N) is 1. The molecule has 138 valence electrons. The zero-order valence-electron chi connectivity index (χ0n) is 14.7. The number of ether oxygens (including phenoxy) is 1. The van der Waals surface area contributed by atoms with Gasteiger partial charge in [0.1, 0.15) is 12.3 Å². The normalized spacial score (nSPS) is 10.4. The van der Waals surface area contributed by atoms with Crippen molar-refractivity contribution in [3.63, 3.8) is 0 Å². The smallest absolute Gasteiger partial charge is 0.268 e. The molecule has 0 saturated carbocycles. The van der Waals surface area contributed by atoms with E-state index in [0.29, 0.717) is 11.6 Å². The number of aromatic nitrogens is 2. The molecule has 0 aliphatic carbocycles. The van der Waals surface area contributed by atoms with E-state index in [4.69, 9.17) is 16.3 Å². The van der Waals surface area contributed by atoms with Gasteiger partial charge in [0, 0.05) is 37.1 Å². The maximum absolute atomic E-state index is 12.4. The number of hydrogen-bond donors (Lipinski definition) is 1. The molecule has 6 nitrogen and oxygen atoms in total. The van der Waals surface area contributed by atoms with E-state index in [9.17, 15) is 9.59 Å². The Bertz CT molecular complexity index is 1000. The van der Waals surface area contributed by atoms with Gasteiger partial charge in [0.2, 0.25) is 5.43 Å². The van der Waals surface area contributed by atoms with Crippen molar-refractivity contribution in [1.82, 2.24) is 14.9 Å². The van der Waals surface area contributed by atoms with Crippen molar-refractivity contribution in [3.8, 4) is 5.75 Å². The summed E-state index contributed by atoms with van der Waals surface area (Å²) < 4.78 is 7.15. The molecule has 27 heavy (non-hydrogen) atoms. The standard InChI is InChI=1S/C20H18ClN3O3/c1-24-12-19(27-13-14-4-2-6-16(21)8-14)18(25)9-17(24)20(26)23-11-15-5-3-7-22-10-15/h2-10,12H,11,13H2,1H3,(H,23,26). The van der Waals surface area contributed by atoms with Crippen LogP contribution in [0.3, 0.4) is 0 Å². The topological polar surface area (TPSA) is 73.2 Å². The molecule has 0 spiro atoms. The van der Waals surface area contributed by atoms with Crippen molar-refractivity contribution >= 4 is 17.5 Å². The van der Waals surface area contributed by atoms with Gasteiger partial charge in [-0.25, -0.2) is 0 Å². The molecule has 1 N–H and O–H groups in total. The highest BCUT2D eigenvalue weighted by molar-refractivity contribution is 6.30. The molecule has 0 saturated heterocycles. The van der Waals surface area contributed by atoms with Crippen LogP contribution >= 0.6 is 11.6 Å². The molecule has 1 amide bonds. The van der Waals surface area contributed by atoms with E-state index in [1.807, 2.05) is 18.2 Å². The summed E-state index contributed by atoms with van der Waals surface area (Å²) in [5.74, 6) is -0.180. The lowest BCUT2D eigenvalue weighted by atomic mass is 10.2. The van der Waals surface area contributed by atoms with Crippen LogP contribution < -0.4 is 15.5 Å². The monoisotopic (exact) mass is 383 g/mol. The molecule has 3 aromatic rings. The minimum absolute atomic E-state index is 0.168. The molecule has 0 bridgehead atoms. The van der Waals surface area contributed by atoms with Gasteiger partial charge in [0.05, 0.1) is 6.20 Å². The van der Waals surface area contributed by atoms with Crippen LogP contribution in [0.15, 0.2) is 65.8 Å². The fraction of sp³-hybridized carbons (Fsp3) is 0.150. The number of aryl methyl sites for hydroxylation is 1. The number of amides is 1. The van der Waals surface area contributed by atoms with Gasteiger partial charge >= 0.3 is 0 Å². The average Bonchev–Trinajstić information content (AvgIpc) is 2.67. The minimum Gasteiger partial charge on any atom is -0.483 e. The number of hydrogen-bond acceptors (Lipinski definition) is 4. The third kappa shape index (κ3) is 4.95. The van der Waals surface area contributed by atoms with E-state index in [0.717, 1.165) is 11.1 Å². The largest absolute Gasteiger partial charge is 0.483 e. The predicted octanol–water partition coefficient (Wildman–Crippen LogP) is 2.94. The molecule has 0 atom stereocenters. The van der Waals surface area contributed by atoms with Gasteiger partial charge in [0.25, 0.3) is 5.91 Å². The fourth-order valence-corrected chi connectivity index (χ4v) is 2.72. The molecule has 3 rings (SSSR count). The van der Waals surface area contributed by atoms with Gasteiger partial charge in [-0.15, -0.1) is 0 Å². The molecule has 1 aromatic carbocycles. The van der Waals surface area contributed by atoms with Crippen LogP contribution in [0.1, 0.15) is 21.6 Å². The highest BCUT2D eigenvalue weighted by atomic mass is 35.5. The third-order valence-electron chi connectivity index (χ3n) is 3.89. The summed E-state index contributed by atoms with van der Waals surface area (Å²) in [5, 5.41) is 3.37. The molecule has 0 fully saturated rings. The number of carbonyl (C=O) groups excluding carboxylic acids is 1. The van der Waals surface area contributed by atoms with E-state index in [-0.39, 0.29) is 29.4 Å². The molecule has 0 aliphatic rings. The van der Waals surface area contributed by atoms with Gasteiger partial charge in [-0.1, -0.05) is 29.8 Å². The molecule has 0 unspecified atom stereocenters. The second-order valence-corrected chi connectivity index (χ2v) is 6.40. The Hall–Kier alpha value is -3.12. The van der Waals surface area contributed by atoms with Crippen molar-refractivity contribution in [2.75, 3.05) is 0 Å². The Labute approximate surface area is 161 Å². The van der Waals surface area contributed by atoms with E-state index in [1.165, 1.54) is 12.3 Å². The van der Waals surface area contributed by atoms with Crippen LogP contribution in [0, 0.1) is 0 Å². The van der Waals surface area contributed by atoms with Crippen LogP contribution in [-0.2, 0) is 20.2 Å². The van der Waals surface area contributed by atoms with Gasteiger partial charge in [-0.05, 0) is 29.3 Å². The lowest BCUT2D eigenvalue weighted by molar-refractivity contribution is 0.0941. The first-order chi connectivity index (χ1) is 13.0. The summed E-state index contributed by atoms with van der Waals surface area (Å²) in [6.07, 6.45) is 4.84. The highest BCUT2D eigenvalue weighted by Crippen LogP contribution is 2.13. The SMILES string of the molecule is Cn1cc(OCc2cccc(Cl)c2)c(=O)cc1C(=O)NCc1cccnc1. The molecular weight excluding hydrogens is 366 g/mol. The minimum atomic E-state index is -0.360. The molecule has 2 aromatic heterocycles. The number of nitrogens with zero attached hydrogens (tertiary/aromatic N) is 2. The zero-order valence-corrected chi connectivity index (χ0v) is 15.4. The Morgan fingerprint density at radius 3 is 2.78 bits per heavy atom. The first-order valence-corrected chi connectivity index (χ1v) is 8.66. The van der Waals surface area contributed by atoms with Crippen LogP contribution in [-0.4, -0.2) is 15.5 Å². The number of pyridine rings is 2. The second-order valence-electron chi connectivity index (χ2n) is 5.96. The first kappa shape index (κ1) is 18.7. The summed E-state index contributed by atoms with van der Waals surface area (Å²) in [6, 6.07) is 12.1. The third-order valence-corrected chi connectivity index (χ3v) is 4.13. The number of halogens is 1. The average molecular weight is 384 g/mol. The fourth-order valence-electron chi connectivity index (χ4n) is 2.50.